The standard InChI is InChI=1S/C24H23ClN4O2S2/c1-15(26-13-17-5-4-12-31-17)22-20(14-32-18-10-8-16(25)9-11-18)28-29(23(22)30)24-27-19-6-2-3-7-21(19)33-24/h2-3,6-11,17,28H,4-5,12-14H2,1H3/t17-/m1/s1. The number of H-pyrrole nitrogens is 1. The Hall–Kier alpha value is -2.39. The first-order chi connectivity index (χ1) is 16.1. The van der Waals surface area contributed by atoms with Crippen LogP contribution < -0.4 is 5.56 Å². The number of aliphatic imine (C=N–C) groups is 1. The lowest BCUT2D eigenvalue weighted by molar-refractivity contribution is 0.118. The number of rotatable bonds is 7. The molecule has 1 aliphatic heterocycles. The largest absolute Gasteiger partial charge is 0.376 e. The first kappa shape index (κ1) is 22.4. The lowest BCUT2D eigenvalue weighted by Gasteiger charge is -2.07. The van der Waals surface area contributed by atoms with Crippen molar-refractivity contribution in [2.75, 3.05) is 13.2 Å². The van der Waals surface area contributed by atoms with Crippen LogP contribution in [0.25, 0.3) is 15.3 Å². The quantitative estimate of drug-likeness (QED) is 0.261. The molecule has 2 aromatic heterocycles. The molecule has 4 aromatic rings. The van der Waals surface area contributed by atoms with Crippen molar-refractivity contribution in [3.63, 3.8) is 0 Å². The predicted octanol–water partition coefficient (Wildman–Crippen LogP) is 5.71. The highest BCUT2D eigenvalue weighted by molar-refractivity contribution is 7.98. The molecule has 0 unspecified atom stereocenters. The number of hydrogen-bond donors (Lipinski definition) is 1. The van der Waals surface area contributed by atoms with Crippen LogP contribution in [0, 0.1) is 0 Å². The van der Waals surface area contributed by atoms with Gasteiger partial charge in [0.15, 0.2) is 0 Å². The molecule has 3 heterocycles. The molecule has 33 heavy (non-hydrogen) atoms. The highest BCUT2D eigenvalue weighted by Gasteiger charge is 2.21. The highest BCUT2D eigenvalue weighted by atomic mass is 35.5. The third-order valence-electron chi connectivity index (χ3n) is 5.55. The van der Waals surface area contributed by atoms with Gasteiger partial charge >= 0.3 is 0 Å². The number of ether oxygens (including phenoxy) is 1. The summed E-state index contributed by atoms with van der Waals surface area (Å²) >= 11 is 9.15. The van der Waals surface area contributed by atoms with Gasteiger partial charge in [-0.1, -0.05) is 35.1 Å². The van der Waals surface area contributed by atoms with Crippen molar-refractivity contribution < 1.29 is 4.74 Å². The highest BCUT2D eigenvalue weighted by Crippen LogP contribution is 2.27. The van der Waals surface area contributed by atoms with E-state index < -0.39 is 0 Å². The van der Waals surface area contributed by atoms with Crippen LogP contribution in [0.2, 0.25) is 5.02 Å². The van der Waals surface area contributed by atoms with Crippen LogP contribution >= 0.6 is 34.7 Å². The molecule has 1 N–H and O–H groups in total. The number of aromatic amines is 1. The van der Waals surface area contributed by atoms with E-state index in [1.54, 1.807) is 16.4 Å². The lowest BCUT2D eigenvalue weighted by Crippen LogP contribution is -2.20. The first-order valence-electron chi connectivity index (χ1n) is 10.8. The zero-order valence-corrected chi connectivity index (χ0v) is 20.5. The Labute approximate surface area is 204 Å². The number of para-hydroxylation sites is 1. The fourth-order valence-electron chi connectivity index (χ4n) is 3.84. The fourth-order valence-corrected chi connectivity index (χ4v) is 5.74. The molecule has 0 bridgehead atoms. The van der Waals surface area contributed by atoms with E-state index >= 15 is 0 Å². The second kappa shape index (κ2) is 9.85. The van der Waals surface area contributed by atoms with Gasteiger partial charge in [0.2, 0.25) is 5.13 Å². The van der Waals surface area contributed by atoms with Gasteiger partial charge in [-0.2, -0.15) is 4.68 Å². The van der Waals surface area contributed by atoms with E-state index in [9.17, 15) is 4.79 Å². The van der Waals surface area contributed by atoms with Crippen LogP contribution in [0.5, 0.6) is 0 Å². The summed E-state index contributed by atoms with van der Waals surface area (Å²) in [5.74, 6) is 0.594. The van der Waals surface area contributed by atoms with E-state index in [1.807, 2.05) is 55.5 Å². The maximum Gasteiger partial charge on any atom is 0.282 e. The molecule has 0 amide bonds. The Morgan fingerprint density at radius 1 is 1.30 bits per heavy atom. The summed E-state index contributed by atoms with van der Waals surface area (Å²) in [6.07, 6.45) is 2.22. The normalized spacial score (nSPS) is 16.7. The minimum Gasteiger partial charge on any atom is -0.376 e. The third kappa shape index (κ3) is 4.94. The zero-order valence-electron chi connectivity index (χ0n) is 18.1. The van der Waals surface area contributed by atoms with E-state index in [2.05, 4.69) is 10.1 Å². The van der Waals surface area contributed by atoms with Gasteiger partial charge in [-0.05, 0) is 56.2 Å². The fraction of sp³-hybridized carbons (Fsp3) is 0.292. The second-order valence-corrected chi connectivity index (χ2v) is 10.4. The SMILES string of the molecule is CC(=NC[C@H]1CCCO1)c1c(CSc2ccc(Cl)cc2)[nH]n(-c2nc3ccccc3s2)c1=O. The van der Waals surface area contributed by atoms with Gasteiger partial charge in [0.05, 0.1) is 34.1 Å². The number of nitrogens with one attached hydrogen (secondary N) is 1. The van der Waals surface area contributed by atoms with Gasteiger partial charge < -0.3 is 4.74 Å². The Bertz CT molecular complexity index is 1320. The molecule has 6 nitrogen and oxygen atoms in total. The van der Waals surface area contributed by atoms with Gasteiger partial charge in [-0.3, -0.25) is 14.9 Å². The van der Waals surface area contributed by atoms with Crippen molar-refractivity contribution in [1.82, 2.24) is 14.8 Å². The minimum absolute atomic E-state index is 0.130. The monoisotopic (exact) mass is 498 g/mol. The summed E-state index contributed by atoms with van der Waals surface area (Å²) in [4.78, 5) is 24.0. The van der Waals surface area contributed by atoms with E-state index in [4.69, 9.17) is 21.3 Å². The van der Waals surface area contributed by atoms with Crippen molar-refractivity contribution in [3.05, 3.63) is 75.2 Å². The Kier molecular flexibility index (Phi) is 6.69. The van der Waals surface area contributed by atoms with Crippen molar-refractivity contribution in [1.29, 1.82) is 0 Å². The van der Waals surface area contributed by atoms with Gasteiger partial charge in [-0.25, -0.2) is 4.98 Å². The third-order valence-corrected chi connectivity index (χ3v) is 7.87. The number of benzene rings is 2. The maximum atomic E-state index is 13.5. The van der Waals surface area contributed by atoms with Crippen molar-refractivity contribution in [2.45, 2.75) is 36.5 Å². The molecular formula is C24H23ClN4O2S2. The molecule has 1 aliphatic rings. The summed E-state index contributed by atoms with van der Waals surface area (Å²) in [5, 5.41) is 4.63. The summed E-state index contributed by atoms with van der Waals surface area (Å²) in [7, 11) is 0. The summed E-state index contributed by atoms with van der Waals surface area (Å²) in [5.41, 5.74) is 2.90. The van der Waals surface area contributed by atoms with E-state index in [-0.39, 0.29) is 11.7 Å². The predicted molar refractivity (Wildman–Crippen MR) is 137 cm³/mol. The molecule has 0 spiro atoms. The average molecular weight is 499 g/mol. The van der Waals surface area contributed by atoms with Gasteiger partial charge in [0.1, 0.15) is 0 Å². The number of thiazole rings is 1. The zero-order chi connectivity index (χ0) is 22.8. The molecule has 0 radical (unpaired) electrons. The Balaban J connectivity index is 1.50. The van der Waals surface area contributed by atoms with Crippen LogP contribution in [0.3, 0.4) is 0 Å². The topological polar surface area (TPSA) is 72.3 Å². The number of aromatic nitrogens is 3. The lowest BCUT2D eigenvalue weighted by atomic mass is 10.1. The summed E-state index contributed by atoms with van der Waals surface area (Å²) in [6, 6.07) is 15.6. The maximum absolute atomic E-state index is 13.5. The van der Waals surface area contributed by atoms with Crippen LogP contribution in [0.15, 0.2) is 63.2 Å². The number of halogens is 1. The van der Waals surface area contributed by atoms with Crippen molar-refractivity contribution >= 4 is 50.6 Å². The molecule has 9 heteroatoms. The molecule has 170 valence electrons. The molecule has 0 saturated carbocycles. The molecule has 2 aromatic carbocycles. The second-order valence-electron chi connectivity index (χ2n) is 7.87. The van der Waals surface area contributed by atoms with Crippen LogP contribution in [0.1, 0.15) is 31.0 Å². The molecule has 1 fully saturated rings. The molecule has 1 atom stereocenters. The van der Waals surface area contributed by atoms with E-state index in [0.717, 1.165) is 46.0 Å². The van der Waals surface area contributed by atoms with Gasteiger partial charge in [0.25, 0.3) is 5.56 Å². The molecular weight excluding hydrogens is 476 g/mol. The van der Waals surface area contributed by atoms with Crippen molar-refractivity contribution in [2.24, 2.45) is 4.99 Å². The summed E-state index contributed by atoms with van der Waals surface area (Å²) < 4.78 is 8.28. The van der Waals surface area contributed by atoms with Crippen LogP contribution in [-0.4, -0.2) is 39.7 Å². The van der Waals surface area contributed by atoms with Gasteiger partial charge in [-0.15, -0.1) is 11.8 Å². The number of fused-ring (bicyclic) bond motifs is 1. The first-order valence-corrected chi connectivity index (χ1v) is 13.0. The van der Waals surface area contributed by atoms with Crippen LogP contribution in [-0.2, 0) is 10.5 Å². The van der Waals surface area contributed by atoms with Gasteiger partial charge in [0, 0.05) is 28.0 Å². The molecule has 0 aliphatic carbocycles. The number of nitrogens with zero attached hydrogens (tertiary/aromatic N) is 3. The number of hydrogen-bond acceptors (Lipinski definition) is 6. The van der Waals surface area contributed by atoms with Crippen molar-refractivity contribution in [3.8, 4) is 5.13 Å². The van der Waals surface area contributed by atoms with E-state index in [0.29, 0.717) is 28.0 Å². The van der Waals surface area contributed by atoms with Crippen LogP contribution in [0.4, 0.5) is 0 Å². The molecule has 1 saturated heterocycles. The summed E-state index contributed by atoms with van der Waals surface area (Å²) in [6.45, 7) is 3.26. The average Bonchev–Trinajstić information content (AvgIpc) is 3.55. The number of thioether (sulfide) groups is 1. The smallest absolute Gasteiger partial charge is 0.282 e. The Morgan fingerprint density at radius 3 is 2.88 bits per heavy atom. The Morgan fingerprint density at radius 2 is 2.12 bits per heavy atom. The van der Waals surface area contributed by atoms with E-state index in [1.165, 1.54) is 11.3 Å². The minimum atomic E-state index is -0.130. The molecule has 5 rings (SSSR count).